The van der Waals surface area contributed by atoms with Crippen molar-refractivity contribution >= 4 is 17.3 Å². The zero-order valence-electron chi connectivity index (χ0n) is 17.0. The highest BCUT2D eigenvalue weighted by Crippen LogP contribution is 2.42. The Morgan fingerprint density at radius 2 is 1.62 bits per heavy atom. The normalized spacial score (nSPS) is 24.7. The van der Waals surface area contributed by atoms with Gasteiger partial charge in [-0.1, -0.05) is 48.0 Å². The lowest BCUT2D eigenvalue weighted by Gasteiger charge is -2.28. The summed E-state index contributed by atoms with van der Waals surface area (Å²) in [6, 6.07) is 0. The van der Waals surface area contributed by atoms with Crippen molar-refractivity contribution in [2.24, 2.45) is 23.7 Å². The second-order valence-corrected chi connectivity index (χ2v) is 8.41. The number of rotatable bonds is 10. The molecule has 0 radical (unpaired) electrons. The molecular weight excluding hydrogens is 332 g/mol. The molecule has 0 amide bonds. The molecule has 26 heavy (non-hydrogen) atoms. The zero-order valence-corrected chi connectivity index (χ0v) is 17.0. The van der Waals surface area contributed by atoms with Crippen LogP contribution in [0.2, 0.25) is 0 Å². The van der Waals surface area contributed by atoms with E-state index in [2.05, 4.69) is 0 Å². The average molecular weight is 366 g/mol. The highest BCUT2D eigenvalue weighted by molar-refractivity contribution is 6.26. The fourth-order valence-electron chi connectivity index (χ4n) is 3.28. The van der Waals surface area contributed by atoms with Gasteiger partial charge in [0.25, 0.3) is 0 Å². The molecule has 0 saturated carbocycles. The van der Waals surface area contributed by atoms with E-state index < -0.39 is 40.5 Å². The Balaban J connectivity index is 3.31. The molecule has 1 aliphatic carbocycles. The molecule has 1 rings (SSSR count). The SMILES string of the molecule is CCC(C)C(=O)C1=C(O)[C@](O)(C(=O)CCC(C)C)C(CCC(C)C)C1=O. The quantitative estimate of drug-likeness (QED) is 0.574. The molecule has 2 unspecified atom stereocenters. The minimum atomic E-state index is -2.26. The fourth-order valence-corrected chi connectivity index (χ4v) is 3.28. The number of aliphatic hydroxyl groups is 2. The molecule has 0 fully saturated rings. The summed E-state index contributed by atoms with van der Waals surface area (Å²) >= 11 is 0. The van der Waals surface area contributed by atoms with Crippen molar-refractivity contribution in [2.45, 2.75) is 79.2 Å². The van der Waals surface area contributed by atoms with Crippen LogP contribution in [-0.4, -0.2) is 33.2 Å². The molecule has 0 heterocycles. The molecule has 2 N–H and O–H groups in total. The predicted octanol–water partition coefficient (Wildman–Crippen LogP) is 3.79. The number of hydrogen-bond acceptors (Lipinski definition) is 5. The first-order chi connectivity index (χ1) is 12.0. The summed E-state index contributed by atoms with van der Waals surface area (Å²) in [7, 11) is 0. The molecule has 0 bridgehead atoms. The van der Waals surface area contributed by atoms with Crippen LogP contribution in [0.3, 0.4) is 0 Å². The second kappa shape index (κ2) is 8.94. The van der Waals surface area contributed by atoms with Crippen LogP contribution < -0.4 is 0 Å². The summed E-state index contributed by atoms with van der Waals surface area (Å²) in [4.78, 5) is 38.3. The van der Waals surface area contributed by atoms with E-state index in [1.807, 2.05) is 34.6 Å². The van der Waals surface area contributed by atoms with Gasteiger partial charge in [-0.2, -0.15) is 0 Å². The van der Waals surface area contributed by atoms with Gasteiger partial charge in [0, 0.05) is 12.3 Å². The van der Waals surface area contributed by atoms with Crippen molar-refractivity contribution in [1.29, 1.82) is 0 Å². The van der Waals surface area contributed by atoms with E-state index in [1.54, 1.807) is 6.92 Å². The molecular formula is C21H34O5. The molecule has 148 valence electrons. The van der Waals surface area contributed by atoms with E-state index in [4.69, 9.17) is 0 Å². The predicted molar refractivity (Wildman–Crippen MR) is 101 cm³/mol. The number of ketones is 3. The Morgan fingerprint density at radius 1 is 1.08 bits per heavy atom. The van der Waals surface area contributed by atoms with E-state index in [-0.39, 0.29) is 30.3 Å². The highest BCUT2D eigenvalue weighted by Gasteiger charge is 2.58. The molecule has 0 aromatic heterocycles. The molecule has 1 aliphatic rings. The third-order valence-corrected chi connectivity index (χ3v) is 5.38. The standard InChI is InChI=1S/C21H34O5/c1-7-14(6)18(23)17-19(24)15(10-8-12(2)3)21(26,20(17)25)16(22)11-9-13(4)5/h12-15,25-26H,7-11H2,1-6H3/t14?,15?,21-/m1/s1. The number of carbonyl (C=O) groups excluding carboxylic acids is 3. The fraction of sp³-hybridized carbons (Fsp3) is 0.762. The third-order valence-electron chi connectivity index (χ3n) is 5.38. The lowest BCUT2D eigenvalue weighted by Crippen LogP contribution is -2.47. The Kier molecular flexibility index (Phi) is 7.75. The van der Waals surface area contributed by atoms with Gasteiger partial charge >= 0.3 is 0 Å². The van der Waals surface area contributed by atoms with E-state index in [1.165, 1.54) is 0 Å². The Bertz CT molecular complexity index is 587. The molecule has 0 aromatic carbocycles. The molecule has 0 aliphatic heterocycles. The molecule has 5 nitrogen and oxygen atoms in total. The van der Waals surface area contributed by atoms with Crippen LogP contribution in [-0.2, 0) is 14.4 Å². The number of allylic oxidation sites excluding steroid dienone is 1. The van der Waals surface area contributed by atoms with Crippen LogP contribution in [0.25, 0.3) is 0 Å². The van der Waals surface area contributed by atoms with Crippen molar-refractivity contribution < 1.29 is 24.6 Å². The monoisotopic (exact) mass is 366 g/mol. The van der Waals surface area contributed by atoms with Gasteiger partial charge in [-0.05, 0) is 31.1 Å². The van der Waals surface area contributed by atoms with Gasteiger partial charge in [-0.3, -0.25) is 14.4 Å². The first-order valence-electron chi connectivity index (χ1n) is 9.76. The van der Waals surface area contributed by atoms with Crippen molar-refractivity contribution in [3.8, 4) is 0 Å². The van der Waals surface area contributed by atoms with Crippen molar-refractivity contribution in [2.75, 3.05) is 0 Å². The third kappa shape index (κ3) is 4.43. The molecule has 3 atom stereocenters. The minimum Gasteiger partial charge on any atom is -0.508 e. The lowest BCUT2D eigenvalue weighted by atomic mass is 9.79. The summed E-state index contributed by atoms with van der Waals surface area (Å²) in [6.45, 7) is 11.4. The van der Waals surface area contributed by atoms with Crippen LogP contribution in [0.1, 0.15) is 73.6 Å². The van der Waals surface area contributed by atoms with E-state index in [9.17, 15) is 24.6 Å². The van der Waals surface area contributed by atoms with Crippen LogP contribution in [0, 0.1) is 23.7 Å². The van der Waals surface area contributed by atoms with Gasteiger partial charge in [0.1, 0.15) is 11.3 Å². The molecule has 0 saturated heterocycles. The Hall–Kier alpha value is -1.49. The summed E-state index contributed by atoms with van der Waals surface area (Å²) < 4.78 is 0. The molecule has 0 spiro atoms. The number of aliphatic hydroxyl groups excluding tert-OH is 1. The first kappa shape index (κ1) is 22.6. The number of hydrogen-bond donors (Lipinski definition) is 2. The maximum atomic E-state index is 12.9. The number of carbonyl (C=O) groups is 3. The van der Waals surface area contributed by atoms with Gasteiger partial charge in [0.05, 0.1) is 5.92 Å². The molecule has 0 aromatic rings. The summed E-state index contributed by atoms with van der Waals surface area (Å²) in [5.74, 6) is -3.38. The maximum Gasteiger partial charge on any atom is 0.190 e. The minimum absolute atomic E-state index is 0.0640. The average Bonchev–Trinajstić information content (AvgIpc) is 2.76. The Morgan fingerprint density at radius 3 is 2.08 bits per heavy atom. The zero-order chi connectivity index (χ0) is 20.2. The van der Waals surface area contributed by atoms with Crippen LogP contribution in [0.5, 0.6) is 0 Å². The van der Waals surface area contributed by atoms with Gasteiger partial charge in [-0.15, -0.1) is 0 Å². The highest BCUT2D eigenvalue weighted by atomic mass is 16.3. The van der Waals surface area contributed by atoms with Crippen molar-refractivity contribution in [3.63, 3.8) is 0 Å². The first-order valence-corrected chi connectivity index (χ1v) is 9.76. The lowest BCUT2D eigenvalue weighted by molar-refractivity contribution is -0.145. The largest absolute Gasteiger partial charge is 0.508 e. The van der Waals surface area contributed by atoms with Crippen LogP contribution in [0.4, 0.5) is 0 Å². The van der Waals surface area contributed by atoms with Gasteiger partial charge in [-0.25, -0.2) is 0 Å². The van der Waals surface area contributed by atoms with Crippen molar-refractivity contribution in [3.05, 3.63) is 11.3 Å². The van der Waals surface area contributed by atoms with Crippen molar-refractivity contribution in [1.82, 2.24) is 0 Å². The summed E-state index contributed by atoms with van der Waals surface area (Å²) in [6.07, 6.45) is 2.01. The van der Waals surface area contributed by atoms with E-state index >= 15 is 0 Å². The van der Waals surface area contributed by atoms with E-state index in [0.717, 1.165) is 0 Å². The summed E-state index contributed by atoms with van der Waals surface area (Å²) in [5, 5.41) is 21.8. The maximum absolute atomic E-state index is 12.9. The summed E-state index contributed by atoms with van der Waals surface area (Å²) in [5.41, 5.74) is -2.63. The Labute approximate surface area is 156 Å². The van der Waals surface area contributed by atoms with Gasteiger partial charge in [0.2, 0.25) is 0 Å². The smallest absolute Gasteiger partial charge is 0.190 e. The molecule has 5 heteroatoms. The van der Waals surface area contributed by atoms with E-state index in [0.29, 0.717) is 19.3 Å². The number of Topliss-reactive ketones (excluding diaryl/α,β-unsaturated/α-hetero) is 3. The topological polar surface area (TPSA) is 91.7 Å². The van der Waals surface area contributed by atoms with Crippen LogP contribution >= 0.6 is 0 Å². The second-order valence-electron chi connectivity index (χ2n) is 8.41. The van der Waals surface area contributed by atoms with Gasteiger partial charge < -0.3 is 10.2 Å². The van der Waals surface area contributed by atoms with Crippen LogP contribution in [0.15, 0.2) is 11.3 Å². The van der Waals surface area contributed by atoms with Gasteiger partial charge in [0.15, 0.2) is 23.0 Å².